The fraction of sp³-hybridized carbons (Fsp3) is 0.538. The SMILES string of the molecule is CC(c1ccc(O)cc1F)N1CCOC(CN)C1. The van der Waals surface area contributed by atoms with E-state index in [4.69, 9.17) is 10.5 Å². The summed E-state index contributed by atoms with van der Waals surface area (Å²) in [5.41, 5.74) is 6.18. The van der Waals surface area contributed by atoms with Crippen molar-refractivity contribution in [1.82, 2.24) is 4.90 Å². The molecule has 0 spiro atoms. The second kappa shape index (κ2) is 5.65. The van der Waals surface area contributed by atoms with Crippen LogP contribution in [0.4, 0.5) is 4.39 Å². The number of phenolic OH excluding ortho intramolecular Hbond substituents is 1. The minimum atomic E-state index is -0.377. The van der Waals surface area contributed by atoms with E-state index in [-0.39, 0.29) is 23.7 Å². The molecule has 1 aliphatic heterocycles. The van der Waals surface area contributed by atoms with Crippen LogP contribution in [0.5, 0.6) is 5.75 Å². The van der Waals surface area contributed by atoms with E-state index >= 15 is 0 Å². The lowest BCUT2D eigenvalue weighted by Crippen LogP contribution is -2.46. The molecule has 5 heteroatoms. The van der Waals surface area contributed by atoms with Crippen LogP contribution in [0.15, 0.2) is 18.2 Å². The summed E-state index contributed by atoms with van der Waals surface area (Å²) in [6.45, 7) is 4.51. The van der Waals surface area contributed by atoms with E-state index < -0.39 is 0 Å². The van der Waals surface area contributed by atoms with Crippen LogP contribution in [-0.4, -0.2) is 42.4 Å². The molecule has 1 heterocycles. The van der Waals surface area contributed by atoms with Gasteiger partial charge in [-0.25, -0.2) is 4.39 Å². The van der Waals surface area contributed by atoms with E-state index in [1.54, 1.807) is 6.07 Å². The molecule has 1 aromatic carbocycles. The second-order valence-electron chi connectivity index (χ2n) is 4.61. The molecule has 1 saturated heterocycles. The molecule has 18 heavy (non-hydrogen) atoms. The number of aromatic hydroxyl groups is 1. The summed E-state index contributed by atoms with van der Waals surface area (Å²) in [4.78, 5) is 2.15. The maximum Gasteiger partial charge on any atom is 0.131 e. The van der Waals surface area contributed by atoms with Gasteiger partial charge in [0.05, 0.1) is 12.7 Å². The Morgan fingerprint density at radius 3 is 3.06 bits per heavy atom. The minimum absolute atomic E-state index is 0.0152. The van der Waals surface area contributed by atoms with Crippen LogP contribution >= 0.6 is 0 Å². The molecular formula is C13H19FN2O2. The van der Waals surface area contributed by atoms with Crippen molar-refractivity contribution in [1.29, 1.82) is 0 Å². The average Bonchev–Trinajstić information content (AvgIpc) is 2.38. The first-order valence-electron chi connectivity index (χ1n) is 6.16. The van der Waals surface area contributed by atoms with Gasteiger partial charge >= 0.3 is 0 Å². The number of hydrogen-bond acceptors (Lipinski definition) is 4. The third-order valence-corrected chi connectivity index (χ3v) is 3.41. The molecule has 2 atom stereocenters. The van der Waals surface area contributed by atoms with Crippen LogP contribution in [-0.2, 0) is 4.74 Å². The quantitative estimate of drug-likeness (QED) is 0.852. The normalized spacial score (nSPS) is 22.9. The standard InChI is InChI=1S/C13H19FN2O2/c1-9(12-3-2-10(17)6-13(12)14)16-4-5-18-11(7-15)8-16/h2-3,6,9,11,17H,4-5,7-8,15H2,1H3. The zero-order valence-electron chi connectivity index (χ0n) is 10.5. The van der Waals surface area contributed by atoms with Gasteiger partial charge in [-0.2, -0.15) is 0 Å². The van der Waals surface area contributed by atoms with Crippen LogP contribution in [0.1, 0.15) is 18.5 Å². The van der Waals surface area contributed by atoms with Gasteiger partial charge in [-0.15, -0.1) is 0 Å². The van der Waals surface area contributed by atoms with Crippen molar-refractivity contribution in [3.8, 4) is 5.75 Å². The molecule has 2 unspecified atom stereocenters. The molecule has 0 radical (unpaired) electrons. The number of ether oxygens (including phenoxy) is 1. The predicted octanol–water partition coefficient (Wildman–Crippen LogP) is 1.25. The van der Waals surface area contributed by atoms with Gasteiger partial charge in [0, 0.05) is 37.3 Å². The number of nitrogens with zero attached hydrogens (tertiary/aromatic N) is 1. The Balaban J connectivity index is 2.12. The fourth-order valence-electron chi connectivity index (χ4n) is 2.29. The lowest BCUT2D eigenvalue weighted by molar-refractivity contribution is -0.0368. The Bertz CT molecular complexity index is 414. The number of nitrogens with two attached hydrogens (primary N) is 1. The number of morpholine rings is 1. The summed E-state index contributed by atoms with van der Waals surface area (Å²) >= 11 is 0. The molecule has 1 fully saturated rings. The second-order valence-corrected chi connectivity index (χ2v) is 4.61. The van der Waals surface area contributed by atoms with Crippen molar-refractivity contribution in [2.45, 2.75) is 19.1 Å². The Labute approximate surface area is 106 Å². The minimum Gasteiger partial charge on any atom is -0.508 e. The molecule has 0 aliphatic carbocycles. The van der Waals surface area contributed by atoms with Crippen molar-refractivity contribution in [2.75, 3.05) is 26.2 Å². The fourth-order valence-corrected chi connectivity index (χ4v) is 2.29. The molecule has 0 amide bonds. The molecule has 1 aromatic rings. The first-order valence-corrected chi connectivity index (χ1v) is 6.16. The summed E-state index contributed by atoms with van der Waals surface area (Å²) in [6, 6.07) is 4.23. The average molecular weight is 254 g/mol. The Morgan fingerprint density at radius 1 is 1.61 bits per heavy atom. The highest BCUT2D eigenvalue weighted by atomic mass is 19.1. The van der Waals surface area contributed by atoms with Crippen LogP contribution in [0.2, 0.25) is 0 Å². The zero-order valence-corrected chi connectivity index (χ0v) is 10.5. The smallest absolute Gasteiger partial charge is 0.131 e. The summed E-state index contributed by atoms with van der Waals surface area (Å²) in [7, 11) is 0. The van der Waals surface area contributed by atoms with Crippen LogP contribution in [0.25, 0.3) is 0 Å². The number of benzene rings is 1. The summed E-state index contributed by atoms with van der Waals surface area (Å²) in [5, 5.41) is 9.22. The third kappa shape index (κ3) is 2.80. The zero-order chi connectivity index (χ0) is 13.1. The van der Waals surface area contributed by atoms with Gasteiger partial charge in [0.2, 0.25) is 0 Å². The maximum absolute atomic E-state index is 13.8. The highest BCUT2D eigenvalue weighted by Crippen LogP contribution is 2.26. The number of hydrogen-bond donors (Lipinski definition) is 2. The highest BCUT2D eigenvalue weighted by molar-refractivity contribution is 5.29. The highest BCUT2D eigenvalue weighted by Gasteiger charge is 2.25. The van der Waals surface area contributed by atoms with Gasteiger partial charge in [-0.05, 0) is 13.0 Å². The largest absolute Gasteiger partial charge is 0.508 e. The van der Waals surface area contributed by atoms with E-state index in [1.165, 1.54) is 6.07 Å². The van der Waals surface area contributed by atoms with Crippen molar-refractivity contribution in [3.05, 3.63) is 29.6 Å². The van der Waals surface area contributed by atoms with E-state index in [2.05, 4.69) is 4.90 Å². The lowest BCUT2D eigenvalue weighted by atomic mass is 10.0. The van der Waals surface area contributed by atoms with Crippen molar-refractivity contribution in [2.24, 2.45) is 5.73 Å². The molecule has 3 N–H and O–H groups in total. The van der Waals surface area contributed by atoms with Gasteiger partial charge in [0.1, 0.15) is 11.6 Å². The molecule has 4 nitrogen and oxygen atoms in total. The van der Waals surface area contributed by atoms with Crippen molar-refractivity contribution >= 4 is 0 Å². The van der Waals surface area contributed by atoms with E-state index in [9.17, 15) is 9.50 Å². The monoisotopic (exact) mass is 254 g/mol. The number of phenols is 1. The van der Waals surface area contributed by atoms with Crippen LogP contribution in [0.3, 0.4) is 0 Å². The summed E-state index contributed by atoms with van der Waals surface area (Å²) in [6.07, 6.45) is 0.0152. The molecule has 0 aromatic heterocycles. The summed E-state index contributed by atoms with van der Waals surface area (Å²) < 4.78 is 19.3. The predicted molar refractivity (Wildman–Crippen MR) is 66.8 cm³/mol. The number of rotatable bonds is 3. The first kappa shape index (κ1) is 13.3. The Kier molecular flexibility index (Phi) is 4.16. The van der Waals surface area contributed by atoms with E-state index in [1.807, 2.05) is 6.92 Å². The van der Waals surface area contributed by atoms with Crippen LogP contribution in [0, 0.1) is 5.82 Å². The topological polar surface area (TPSA) is 58.7 Å². The maximum atomic E-state index is 13.8. The number of halogens is 1. The lowest BCUT2D eigenvalue weighted by Gasteiger charge is -2.36. The molecular weight excluding hydrogens is 235 g/mol. The van der Waals surface area contributed by atoms with Crippen LogP contribution < -0.4 is 5.73 Å². The summed E-state index contributed by atoms with van der Waals surface area (Å²) in [5.74, 6) is -0.427. The Morgan fingerprint density at radius 2 is 2.39 bits per heavy atom. The van der Waals surface area contributed by atoms with E-state index in [0.717, 1.165) is 12.6 Å². The van der Waals surface area contributed by atoms with Gasteiger partial charge in [0.15, 0.2) is 0 Å². The van der Waals surface area contributed by atoms with Gasteiger partial charge in [-0.1, -0.05) is 6.07 Å². The third-order valence-electron chi connectivity index (χ3n) is 3.41. The van der Waals surface area contributed by atoms with E-state index in [0.29, 0.717) is 25.3 Å². The van der Waals surface area contributed by atoms with Gasteiger partial charge < -0.3 is 15.6 Å². The molecule has 0 bridgehead atoms. The van der Waals surface area contributed by atoms with Gasteiger partial charge in [-0.3, -0.25) is 4.90 Å². The van der Waals surface area contributed by atoms with Crippen molar-refractivity contribution < 1.29 is 14.2 Å². The molecule has 0 saturated carbocycles. The molecule has 100 valence electrons. The van der Waals surface area contributed by atoms with Crippen molar-refractivity contribution in [3.63, 3.8) is 0 Å². The Hall–Kier alpha value is -1.17. The first-order chi connectivity index (χ1) is 8.61. The van der Waals surface area contributed by atoms with Gasteiger partial charge in [0.25, 0.3) is 0 Å². The molecule has 2 rings (SSSR count). The molecule has 1 aliphatic rings.